The fourth-order valence-electron chi connectivity index (χ4n) is 2.07. The largest absolute Gasteiger partial charge is 0.314 e. The van der Waals surface area contributed by atoms with Crippen LogP contribution in [0.5, 0.6) is 0 Å². The van der Waals surface area contributed by atoms with Gasteiger partial charge >= 0.3 is 0 Å². The van der Waals surface area contributed by atoms with E-state index in [9.17, 15) is 0 Å². The third-order valence-corrected chi connectivity index (χ3v) is 2.99. The molecule has 15 heavy (non-hydrogen) atoms. The second-order valence-electron chi connectivity index (χ2n) is 4.56. The van der Waals surface area contributed by atoms with Crippen LogP contribution in [0.15, 0.2) is 0 Å². The van der Waals surface area contributed by atoms with E-state index < -0.39 is 0 Å². The van der Waals surface area contributed by atoms with Gasteiger partial charge in [-0.25, -0.2) is 0 Å². The average molecular weight is 210 g/mol. The van der Waals surface area contributed by atoms with Crippen molar-refractivity contribution >= 4 is 0 Å². The first-order chi connectivity index (χ1) is 7.15. The molecule has 1 saturated heterocycles. The van der Waals surface area contributed by atoms with E-state index >= 15 is 0 Å². The minimum atomic E-state index is 0.388. The molecule has 0 aliphatic carbocycles. The molecule has 1 aliphatic rings. The summed E-state index contributed by atoms with van der Waals surface area (Å²) in [5, 5.41) is 12.2. The maximum Gasteiger partial charge on any atom is 0.0638 e. The summed E-state index contributed by atoms with van der Waals surface area (Å²) in [5.74, 6) is 0. The Morgan fingerprint density at radius 1 is 1.47 bits per heavy atom. The third-order valence-electron chi connectivity index (χ3n) is 2.99. The molecule has 0 aromatic heterocycles. The molecule has 1 aliphatic heterocycles. The van der Waals surface area contributed by atoms with Crippen LogP contribution in [0.2, 0.25) is 0 Å². The van der Waals surface area contributed by atoms with Gasteiger partial charge in [-0.2, -0.15) is 5.26 Å². The molecule has 0 amide bonds. The van der Waals surface area contributed by atoms with E-state index in [1.807, 2.05) is 0 Å². The zero-order valence-corrected chi connectivity index (χ0v) is 10.0. The quantitative estimate of drug-likeness (QED) is 0.716. The van der Waals surface area contributed by atoms with Crippen molar-refractivity contribution in [3.8, 4) is 6.07 Å². The van der Waals surface area contributed by atoms with E-state index in [0.29, 0.717) is 18.5 Å². The van der Waals surface area contributed by atoms with E-state index in [4.69, 9.17) is 5.26 Å². The van der Waals surface area contributed by atoms with Crippen LogP contribution >= 0.6 is 0 Å². The minimum absolute atomic E-state index is 0.388. The standard InChI is InChI=1S/C11H22N4/c1-10-8-13-9-11(4-5-12)15(10)7-6-14(2)3/h10-11,13H,4,6-9H2,1-3H3. The molecule has 86 valence electrons. The van der Waals surface area contributed by atoms with E-state index in [1.54, 1.807) is 0 Å². The number of hydrogen-bond acceptors (Lipinski definition) is 4. The van der Waals surface area contributed by atoms with Gasteiger partial charge in [0.2, 0.25) is 0 Å². The number of hydrogen-bond donors (Lipinski definition) is 1. The summed E-state index contributed by atoms with van der Waals surface area (Å²) in [5.41, 5.74) is 0. The molecular weight excluding hydrogens is 188 g/mol. The van der Waals surface area contributed by atoms with Crippen LogP contribution in [0.25, 0.3) is 0 Å². The Labute approximate surface area is 92.8 Å². The van der Waals surface area contributed by atoms with Crippen LogP contribution < -0.4 is 5.32 Å². The van der Waals surface area contributed by atoms with Gasteiger partial charge in [0.15, 0.2) is 0 Å². The monoisotopic (exact) mass is 210 g/mol. The van der Waals surface area contributed by atoms with Gasteiger partial charge < -0.3 is 10.2 Å². The van der Waals surface area contributed by atoms with Crippen molar-refractivity contribution in [2.45, 2.75) is 25.4 Å². The normalized spacial score (nSPS) is 27.9. The highest BCUT2D eigenvalue weighted by Gasteiger charge is 2.26. The highest BCUT2D eigenvalue weighted by Crippen LogP contribution is 2.12. The van der Waals surface area contributed by atoms with Crippen molar-refractivity contribution in [3.05, 3.63) is 0 Å². The zero-order chi connectivity index (χ0) is 11.3. The van der Waals surface area contributed by atoms with E-state index in [0.717, 1.165) is 26.2 Å². The molecule has 2 atom stereocenters. The van der Waals surface area contributed by atoms with Crippen LogP contribution in [-0.2, 0) is 0 Å². The Bertz CT molecular complexity index is 221. The van der Waals surface area contributed by atoms with Crippen molar-refractivity contribution in [1.29, 1.82) is 5.26 Å². The zero-order valence-electron chi connectivity index (χ0n) is 10.0. The van der Waals surface area contributed by atoms with Crippen LogP contribution in [0.3, 0.4) is 0 Å². The SMILES string of the molecule is CC1CNCC(CC#N)N1CCN(C)C. The van der Waals surface area contributed by atoms with Gasteiger partial charge in [-0.15, -0.1) is 0 Å². The van der Waals surface area contributed by atoms with Gasteiger partial charge in [-0.1, -0.05) is 0 Å². The molecule has 2 unspecified atom stereocenters. The fourth-order valence-corrected chi connectivity index (χ4v) is 2.07. The van der Waals surface area contributed by atoms with Crippen LogP contribution in [0, 0.1) is 11.3 Å². The summed E-state index contributed by atoms with van der Waals surface area (Å²) in [6, 6.07) is 3.21. The molecule has 4 heteroatoms. The summed E-state index contributed by atoms with van der Waals surface area (Å²) >= 11 is 0. The lowest BCUT2D eigenvalue weighted by Gasteiger charge is -2.40. The number of piperazine rings is 1. The Hall–Kier alpha value is -0.630. The summed E-state index contributed by atoms with van der Waals surface area (Å²) in [4.78, 5) is 4.65. The third kappa shape index (κ3) is 3.78. The lowest BCUT2D eigenvalue weighted by molar-refractivity contribution is 0.0996. The second-order valence-corrected chi connectivity index (χ2v) is 4.56. The first-order valence-electron chi connectivity index (χ1n) is 5.63. The number of rotatable bonds is 4. The number of nitrogens with zero attached hydrogens (tertiary/aromatic N) is 3. The lowest BCUT2D eigenvalue weighted by Crippen LogP contribution is -2.57. The molecule has 0 aromatic carbocycles. The first kappa shape index (κ1) is 12.4. The van der Waals surface area contributed by atoms with Gasteiger partial charge in [-0.05, 0) is 21.0 Å². The van der Waals surface area contributed by atoms with Crippen LogP contribution in [0.1, 0.15) is 13.3 Å². The Kier molecular flexibility index (Phi) is 5.03. The summed E-state index contributed by atoms with van der Waals surface area (Å²) < 4.78 is 0. The van der Waals surface area contributed by atoms with E-state index in [2.05, 4.69) is 42.2 Å². The first-order valence-corrected chi connectivity index (χ1v) is 5.63. The average Bonchev–Trinajstić information content (AvgIpc) is 2.17. The lowest BCUT2D eigenvalue weighted by atomic mass is 10.1. The van der Waals surface area contributed by atoms with Gasteiger partial charge in [0.25, 0.3) is 0 Å². The van der Waals surface area contributed by atoms with Crippen molar-refractivity contribution in [1.82, 2.24) is 15.1 Å². The molecule has 4 nitrogen and oxygen atoms in total. The maximum atomic E-state index is 8.79. The molecule has 1 rings (SSSR count). The summed E-state index contributed by atoms with van der Waals surface area (Å²) in [7, 11) is 4.18. The highest BCUT2D eigenvalue weighted by molar-refractivity contribution is 4.90. The van der Waals surface area contributed by atoms with Gasteiger partial charge in [-0.3, -0.25) is 4.90 Å². The molecular formula is C11H22N4. The Morgan fingerprint density at radius 2 is 2.20 bits per heavy atom. The van der Waals surface area contributed by atoms with Crippen molar-refractivity contribution in [3.63, 3.8) is 0 Å². The molecule has 0 radical (unpaired) electrons. The molecule has 1 N–H and O–H groups in total. The van der Waals surface area contributed by atoms with Gasteiger partial charge in [0.05, 0.1) is 12.5 Å². The molecule has 1 heterocycles. The molecule has 0 spiro atoms. The highest BCUT2D eigenvalue weighted by atomic mass is 15.3. The Balaban J connectivity index is 2.49. The Morgan fingerprint density at radius 3 is 2.80 bits per heavy atom. The summed E-state index contributed by atoms with van der Waals surface area (Å²) in [6.45, 7) is 6.33. The van der Waals surface area contributed by atoms with Gasteiger partial charge in [0, 0.05) is 38.3 Å². The minimum Gasteiger partial charge on any atom is -0.314 e. The number of likely N-dealkylation sites (N-methyl/N-ethyl adjacent to an activating group) is 1. The van der Waals surface area contributed by atoms with Gasteiger partial charge in [0.1, 0.15) is 0 Å². The van der Waals surface area contributed by atoms with Crippen molar-refractivity contribution in [2.24, 2.45) is 0 Å². The molecule has 0 bridgehead atoms. The maximum absolute atomic E-state index is 8.79. The predicted octanol–water partition coefficient (Wildman–Crippen LogP) is 0.124. The van der Waals surface area contributed by atoms with E-state index in [1.165, 1.54) is 0 Å². The van der Waals surface area contributed by atoms with Crippen molar-refractivity contribution < 1.29 is 0 Å². The summed E-state index contributed by atoms with van der Waals surface area (Å²) in [6.07, 6.45) is 0.630. The van der Waals surface area contributed by atoms with Crippen LogP contribution in [-0.4, -0.2) is 62.2 Å². The van der Waals surface area contributed by atoms with Crippen molar-refractivity contribution in [2.75, 3.05) is 40.3 Å². The second kappa shape index (κ2) is 6.06. The van der Waals surface area contributed by atoms with Crippen LogP contribution in [0.4, 0.5) is 0 Å². The smallest absolute Gasteiger partial charge is 0.0638 e. The predicted molar refractivity (Wildman–Crippen MR) is 61.6 cm³/mol. The number of nitriles is 1. The molecule has 0 aromatic rings. The van der Waals surface area contributed by atoms with E-state index in [-0.39, 0.29) is 0 Å². The number of nitrogens with one attached hydrogen (secondary N) is 1. The molecule has 0 saturated carbocycles. The molecule has 1 fully saturated rings. The topological polar surface area (TPSA) is 42.3 Å². The fraction of sp³-hybridized carbons (Fsp3) is 0.909.